The fourth-order valence-electron chi connectivity index (χ4n) is 2.06. The summed E-state index contributed by atoms with van der Waals surface area (Å²) in [6, 6.07) is 6.94. The van der Waals surface area contributed by atoms with E-state index in [2.05, 4.69) is 0 Å². The maximum absolute atomic E-state index is 11.2. The van der Waals surface area contributed by atoms with Crippen LogP contribution in [0.3, 0.4) is 0 Å². The van der Waals surface area contributed by atoms with Gasteiger partial charge in [0.15, 0.2) is 12.0 Å². The molecule has 0 atom stereocenters. The number of aryl methyl sites for hydroxylation is 1. The zero-order valence-corrected chi connectivity index (χ0v) is 10.2. The molecule has 5 nitrogen and oxygen atoms in total. The number of ketones is 1. The Morgan fingerprint density at radius 2 is 2.11 bits per heavy atom. The van der Waals surface area contributed by atoms with Crippen LogP contribution in [-0.2, 0) is 11.3 Å². The lowest BCUT2D eigenvalue weighted by atomic mass is 10.1. The summed E-state index contributed by atoms with van der Waals surface area (Å²) in [7, 11) is 0. The van der Waals surface area contributed by atoms with Crippen LogP contribution in [0.4, 0.5) is 5.69 Å². The van der Waals surface area contributed by atoms with Crippen molar-refractivity contribution in [1.82, 2.24) is 0 Å². The summed E-state index contributed by atoms with van der Waals surface area (Å²) in [5.41, 5.74) is 1.42. The van der Waals surface area contributed by atoms with Gasteiger partial charge in [0.2, 0.25) is 12.1 Å². The molecule has 18 heavy (non-hydrogen) atoms. The van der Waals surface area contributed by atoms with E-state index in [0.717, 1.165) is 0 Å². The van der Waals surface area contributed by atoms with Gasteiger partial charge >= 0.3 is 0 Å². The van der Waals surface area contributed by atoms with Crippen LogP contribution < -0.4 is 4.57 Å². The van der Waals surface area contributed by atoms with E-state index in [1.54, 1.807) is 42.0 Å². The number of aromatic nitrogens is 1. The highest BCUT2D eigenvalue weighted by Crippen LogP contribution is 2.26. The van der Waals surface area contributed by atoms with Crippen LogP contribution in [0.5, 0.6) is 0 Å². The second-order valence-corrected chi connectivity index (χ2v) is 4.26. The van der Waals surface area contributed by atoms with Gasteiger partial charge in [0.1, 0.15) is 5.39 Å². The van der Waals surface area contributed by atoms with Gasteiger partial charge in [-0.3, -0.25) is 14.9 Å². The highest BCUT2D eigenvalue weighted by atomic mass is 16.6. The average Bonchev–Trinajstić information content (AvgIpc) is 2.27. The third-order valence-electron chi connectivity index (χ3n) is 2.81. The Hall–Kier alpha value is -2.30. The molecule has 2 rings (SSSR count). The molecular formula is C13H13N2O3+. The molecule has 0 unspecified atom stereocenters. The Balaban J connectivity index is 2.76. The molecule has 1 aromatic carbocycles. The summed E-state index contributed by atoms with van der Waals surface area (Å²) in [5.74, 6) is 0.00993. The number of benzene rings is 1. The highest BCUT2D eigenvalue weighted by molar-refractivity contribution is 5.87. The van der Waals surface area contributed by atoms with Crippen LogP contribution in [0.25, 0.3) is 10.9 Å². The Kier molecular flexibility index (Phi) is 3.06. The van der Waals surface area contributed by atoms with Gasteiger partial charge in [-0.2, -0.15) is 4.57 Å². The summed E-state index contributed by atoms with van der Waals surface area (Å²) in [6.45, 7) is 3.42. The predicted octanol–water partition coefficient (Wildman–Crippen LogP) is 1.93. The minimum atomic E-state index is -0.379. The first-order valence-electron chi connectivity index (χ1n) is 5.56. The van der Waals surface area contributed by atoms with Crippen molar-refractivity contribution in [1.29, 1.82) is 0 Å². The van der Waals surface area contributed by atoms with E-state index in [1.807, 2.05) is 0 Å². The highest BCUT2D eigenvalue weighted by Gasteiger charge is 2.21. The lowest BCUT2D eigenvalue weighted by molar-refractivity contribution is -0.658. The molecule has 0 aliphatic heterocycles. The van der Waals surface area contributed by atoms with E-state index < -0.39 is 0 Å². The summed E-state index contributed by atoms with van der Waals surface area (Å²) in [5, 5.41) is 11.7. The fourth-order valence-corrected chi connectivity index (χ4v) is 2.06. The van der Waals surface area contributed by atoms with Gasteiger partial charge in [-0.05, 0) is 19.1 Å². The van der Waals surface area contributed by atoms with Gasteiger partial charge in [0.05, 0.1) is 4.92 Å². The van der Waals surface area contributed by atoms with E-state index in [4.69, 9.17) is 0 Å². The number of nitrogens with zero attached hydrogens (tertiary/aromatic N) is 2. The molecule has 5 heteroatoms. The number of hydrogen-bond acceptors (Lipinski definition) is 3. The molecule has 2 aromatic rings. The molecule has 0 N–H and O–H groups in total. The number of carbonyl (C=O) groups excluding carboxylic acids is 1. The van der Waals surface area contributed by atoms with E-state index >= 15 is 0 Å². The fraction of sp³-hybridized carbons (Fsp3) is 0.231. The van der Waals surface area contributed by atoms with Gasteiger partial charge in [-0.1, -0.05) is 0 Å². The molecule has 0 bridgehead atoms. The van der Waals surface area contributed by atoms with Crippen molar-refractivity contribution in [2.24, 2.45) is 0 Å². The maximum Gasteiger partial charge on any atom is 0.286 e. The normalized spacial score (nSPS) is 10.6. The van der Waals surface area contributed by atoms with Crippen molar-refractivity contribution in [3.05, 3.63) is 46.1 Å². The van der Waals surface area contributed by atoms with Gasteiger partial charge in [-0.25, -0.2) is 0 Å². The minimum absolute atomic E-state index is 0.00993. The Morgan fingerprint density at radius 1 is 1.39 bits per heavy atom. The summed E-state index contributed by atoms with van der Waals surface area (Å²) in [4.78, 5) is 21.9. The molecule has 0 aliphatic carbocycles. The van der Waals surface area contributed by atoms with E-state index in [9.17, 15) is 14.9 Å². The Morgan fingerprint density at radius 3 is 2.72 bits per heavy atom. The van der Waals surface area contributed by atoms with Gasteiger partial charge in [0, 0.05) is 24.6 Å². The zero-order valence-electron chi connectivity index (χ0n) is 10.2. The molecule has 1 aromatic heterocycles. The number of nitro benzene ring substituents is 1. The van der Waals surface area contributed by atoms with Crippen molar-refractivity contribution in [3.8, 4) is 0 Å². The molecular weight excluding hydrogens is 232 g/mol. The van der Waals surface area contributed by atoms with Crippen molar-refractivity contribution in [2.75, 3.05) is 0 Å². The second kappa shape index (κ2) is 4.52. The molecule has 0 radical (unpaired) electrons. The predicted molar refractivity (Wildman–Crippen MR) is 66.2 cm³/mol. The largest absolute Gasteiger partial charge is 0.293 e. The molecule has 0 saturated carbocycles. The molecule has 0 amide bonds. The van der Waals surface area contributed by atoms with E-state index in [-0.39, 0.29) is 22.9 Å². The molecule has 0 fully saturated rings. The van der Waals surface area contributed by atoms with Gasteiger partial charge in [-0.15, -0.1) is 0 Å². The second-order valence-electron chi connectivity index (χ2n) is 4.26. The van der Waals surface area contributed by atoms with Gasteiger partial charge in [0.25, 0.3) is 5.69 Å². The first-order valence-corrected chi connectivity index (χ1v) is 5.56. The number of carbonyl (C=O) groups is 1. The molecule has 92 valence electrons. The topological polar surface area (TPSA) is 64.1 Å². The monoisotopic (exact) mass is 245 g/mol. The molecule has 0 spiro atoms. The number of rotatable bonds is 3. The standard InChI is InChI=1S/C13H13N2O3/c1-9-5-6-12-11(13(9)15(17)18)4-3-7-14(12)8-10(2)16/h3-7H,8H2,1-2H3/q+1. The smallest absolute Gasteiger partial charge is 0.286 e. The van der Waals surface area contributed by atoms with Crippen LogP contribution in [0.2, 0.25) is 0 Å². The summed E-state index contributed by atoms with van der Waals surface area (Å²) in [6.07, 6.45) is 1.75. The van der Waals surface area contributed by atoms with Crippen LogP contribution in [0.1, 0.15) is 12.5 Å². The summed E-state index contributed by atoms with van der Waals surface area (Å²) < 4.78 is 1.73. The minimum Gasteiger partial charge on any atom is -0.293 e. The van der Waals surface area contributed by atoms with Crippen molar-refractivity contribution in [2.45, 2.75) is 20.4 Å². The number of pyridine rings is 1. The van der Waals surface area contributed by atoms with Crippen LogP contribution in [-0.4, -0.2) is 10.7 Å². The number of hydrogen-bond donors (Lipinski definition) is 0. The quantitative estimate of drug-likeness (QED) is 0.471. The molecule has 0 saturated heterocycles. The van der Waals surface area contributed by atoms with Crippen LogP contribution >= 0.6 is 0 Å². The van der Waals surface area contributed by atoms with E-state index in [0.29, 0.717) is 16.5 Å². The lowest BCUT2D eigenvalue weighted by Gasteiger charge is -2.02. The van der Waals surface area contributed by atoms with Crippen LogP contribution in [0, 0.1) is 17.0 Å². The van der Waals surface area contributed by atoms with Crippen molar-refractivity contribution < 1.29 is 14.3 Å². The Bertz CT molecular complexity index is 650. The van der Waals surface area contributed by atoms with Crippen LogP contribution in [0.15, 0.2) is 30.5 Å². The molecule has 1 heterocycles. The third kappa shape index (κ3) is 2.07. The first-order chi connectivity index (χ1) is 8.50. The van der Waals surface area contributed by atoms with Crippen molar-refractivity contribution in [3.63, 3.8) is 0 Å². The van der Waals surface area contributed by atoms with Gasteiger partial charge < -0.3 is 0 Å². The number of Topliss-reactive ketones (excluding diaryl/α,β-unsaturated/α-hetero) is 1. The SMILES string of the molecule is CC(=O)C[n+]1cccc2c([N+](=O)[O-])c(C)ccc21. The molecule has 0 aliphatic rings. The lowest BCUT2D eigenvalue weighted by Crippen LogP contribution is -2.37. The summed E-state index contributed by atoms with van der Waals surface area (Å²) >= 11 is 0. The zero-order chi connectivity index (χ0) is 13.3. The Labute approximate surface area is 104 Å². The maximum atomic E-state index is 11.2. The van der Waals surface area contributed by atoms with Crippen molar-refractivity contribution >= 4 is 22.4 Å². The average molecular weight is 245 g/mol. The number of nitro groups is 1. The third-order valence-corrected chi connectivity index (χ3v) is 2.81. The number of fused-ring (bicyclic) bond motifs is 1. The van der Waals surface area contributed by atoms with E-state index in [1.165, 1.54) is 6.92 Å². The first kappa shape index (κ1) is 12.2.